The van der Waals surface area contributed by atoms with Crippen LogP contribution in [-0.2, 0) is 4.74 Å². The Labute approximate surface area is 182 Å². The molecule has 4 aliphatic carbocycles. The minimum Gasteiger partial charge on any atom is -0.393 e. The highest BCUT2D eigenvalue weighted by atomic mass is 16.5. The highest BCUT2D eigenvalue weighted by Gasteiger charge is 2.57. The van der Waals surface area contributed by atoms with E-state index in [0.29, 0.717) is 35.5 Å². The second kappa shape index (κ2) is 6.93. The number of rotatable bonds is 0. The number of hydrogen-bond acceptors (Lipinski definition) is 3. The van der Waals surface area contributed by atoms with Crippen LogP contribution in [0.3, 0.4) is 0 Å². The third kappa shape index (κ3) is 2.74. The molecular formula is C27H41NO2. The van der Waals surface area contributed by atoms with Crippen molar-refractivity contribution in [2.45, 2.75) is 97.0 Å². The van der Waals surface area contributed by atoms with Crippen LogP contribution in [0.25, 0.3) is 0 Å². The molecule has 166 valence electrons. The van der Waals surface area contributed by atoms with Gasteiger partial charge in [0, 0.05) is 12.0 Å². The van der Waals surface area contributed by atoms with E-state index in [9.17, 15) is 5.11 Å². The lowest BCUT2D eigenvalue weighted by atomic mass is 9.56. The van der Waals surface area contributed by atoms with E-state index in [-0.39, 0.29) is 6.10 Å². The van der Waals surface area contributed by atoms with Gasteiger partial charge in [-0.2, -0.15) is 0 Å². The van der Waals surface area contributed by atoms with Crippen molar-refractivity contribution in [1.82, 2.24) is 5.32 Å². The minimum atomic E-state index is -0.110. The SMILES string of the molecule is CC1=C2C[C@H]3[C@@H](CC=C4C[C@@H](O)CC[C@@]43C)[C@@H]2CC2O[C@@H]3C[C@H](C)CN[C@H]3[C@@H](C)[C@@H]12. The van der Waals surface area contributed by atoms with Crippen molar-refractivity contribution in [3.8, 4) is 0 Å². The molecule has 6 aliphatic rings. The molecule has 1 unspecified atom stereocenters. The van der Waals surface area contributed by atoms with Crippen LogP contribution in [0.15, 0.2) is 22.8 Å². The highest BCUT2D eigenvalue weighted by molar-refractivity contribution is 5.35. The molecule has 3 nitrogen and oxygen atoms in total. The Morgan fingerprint density at radius 1 is 1.17 bits per heavy atom. The van der Waals surface area contributed by atoms with Gasteiger partial charge >= 0.3 is 0 Å². The lowest BCUT2D eigenvalue weighted by Gasteiger charge is -2.53. The molecule has 0 amide bonds. The molecule has 0 aromatic carbocycles. The lowest BCUT2D eigenvalue weighted by molar-refractivity contribution is -0.143. The molecule has 2 saturated carbocycles. The topological polar surface area (TPSA) is 41.5 Å². The molecule has 2 saturated heterocycles. The highest BCUT2D eigenvalue weighted by Crippen LogP contribution is 2.64. The zero-order valence-corrected chi connectivity index (χ0v) is 19.4. The normalized spacial score (nSPS) is 55.0. The molecule has 2 heterocycles. The van der Waals surface area contributed by atoms with E-state index in [0.717, 1.165) is 43.1 Å². The first-order chi connectivity index (χ1) is 14.4. The largest absolute Gasteiger partial charge is 0.393 e. The van der Waals surface area contributed by atoms with Crippen molar-refractivity contribution in [3.05, 3.63) is 22.8 Å². The maximum absolute atomic E-state index is 10.3. The fraction of sp³-hybridized carbons (Fsp3) is 0.852. The monoisotopic (exact) mass is 411 g/mol. The van der Waals surface area contributed by atoms with Gasteiger partial charge in [-0.1, -0.05) is 43.6 Å². The van der Waals surface area contributed by atoms with Crippen molar-refractivity contribution in [2.75, 3.05) is 6.54 Å². The minimum absolute atomic E-state index is 0.110. The molecule has 4 fully saturated rings. The number of aliphatic hydroxyl groups excluding tert-OH is 1. The summed E-state index contributed by atoms with van der Waals surface area (Å²) >= 11 is 0. The number of ether oxygens (including phenoxy) is 1. The summed E-state index contributed by atoms with van der Waals surface area (Å²) in [5, 5.41) is 14.1. The zero-order chi connectivity index (χ0) is 20.8. The Balaban J connectivity index is 1.32. The molecule has 2 aliphatic heterocycles. The van der Waals surface area contributed by atoms with Crippen molar-refractivity contribution in [3.63, 3.8) is 0 Å². The van der Waals surface area contributed by atoms with Crippen LogP contribution in [0, 0.1) is 40.9 Å². The predicted octanol–water partition coefficient (Wildman–Crippen LogP) is 4.86. The lowest BCUT2D eigenvalue weighted by Crippen LogP contribution is -2.61. The quantitative estimate of drug-likeness (QED) is 0.560. The van der Waals surface area contributed by atoms with Crippen LogP contribution in [-0.4, -0.2) is 36.0 Å². The number of aliphatic hydroxyl groups is 1. The van der Waals surface area contributed by atoms with Crippen molar-refractivity contribution < 1.29 is 9.84 Å². The van der Waals surface area contributed by atoms with Crippen LogP contribution >= 0.6 is 0 Å². The van der Waals surface area contributed by atoms with Crippen molar-refractivity contribution in [1.29, 1.82) is 0 Å². The Kier molecular flexibility index (Phi) is 4.62. The van der Waals surface area contributed by atoms with Crippen LogP contribution in [0.5, 0.6) is 0 Å². The van der Waals surface area contributed by atoms with Crippen LogP contribution in [0.2, 0.25) is 0 Å². The van der Waals surface area contributed by atoms with Gasteiger partial charge in [0.15, 0.2) is 0 Å². The molecule has 6 rings (SSSR count). The smallest absolute Gasteiger partial charge is 0.0737 e. The van der Waals surface area contributed by atoms with E-state index in [4.69, 9.17) is 4.74 Å². The molecule has 3 heteroatoms. The number of piperidine rings is 1. The second-order valence-electron chi connectivity index (χ2n) is 12.2. The summed E-state index contributed by atoms with van der Waals surface area (Å²) in [6.07, 6.45) is 11.3. The van der Waals surface area contributed by atoms with E-state index in [1.807, 2.05) is 5.57 Å². The molecule has 0 aromatic rings. The molecule has 30 heavy (non-hydrogen) atoms. The van der Waals surface area contributed by atoms with Crippen molar-refractivity contribution >= 4 is 0 Å². The summed E-state index contributed by atoms with van der Waals surface area (Å²) in [6, 6.07) is 0.531. The van der Waals surface area contributed by atoms with Gasteiger partial charge < -0.3 is 15.2 Å². The fourth-order valence-corrected chi connectivity index (χ4v) is 9.08. The van der Waals surface area contributed by atoms with E-state index >= 15 is 0 Å². The predicted molar refractivity (Wildman–Crippen MR) is 120 cm³/mol. The molecular weight excluding hydrogens is 370 g/mol. The summed E-state index contributed by atoms with van der Waals surface area (Å²) < 4.78 is 6.89. The number of fused-ring (bicyclic) bond motifs is 7. The third-order valence-electron chi connectivity index (χ3n) is 10.7. The van der Waals surface area contributed by atoms with Crippen LogP contribution in [0.1, 0.15) is 72.6 Å². The molecule has 0 bridgehead atoms. The van der Waals surface area contributed by atoms with Gasteiger partial charge in [-0.3, -0.25) is 0 Å². The standard InChI is InChI=1S/C27H41NO2/c1-14-9-24-26(28-13-14)16(3)25-15(2)20-11-22-19(21(20)12-23(25)30-24)6-5-17-10-18(29)7-8-27(17,22)4/h5,14,16,18-19,21-26,28-29H,6-13H2,1-4H3/t14-,16-,18-,19-,21-,22-,23?,24+,25+,26-,27-/m0/s1. The van der Waals surface area contributed by atoms with Gasteiger partial charge in [0.2, 0.25) is 0 Å². The Hall–Kier alpha value is -0.640. The van der Waals surface area contributed by atoms with Gasteiger partial charge in [0.05, 0.1) is 18.3 Å². The van der Waals surface area contributed by atoms with Crippen LogP contribution in [0.4, 0.5) is 0 Å². The number of hydrogen-bond donors (Lipinski definition) is 2. The first-order valence-electron chi connectivity index (χ1n) is 12.8. The van der Waals surface area contributed by atoms with E-state index in [2.05, 4.69) is 39.1 Å². The molecule has 2 N–H and O–H groups in total. The summed E-state index contributed by atoms with van der Waals surface area (Å²) in [4.78, 5) is 0. The number of allylic oxidation sites excluding steroid dienone is 2. The van der Waals surface area contributed by atoms with E-state index in [1.54, 1.807) is 11.1 Å². The first kappa shape index (κ1) is 20.0. The van der Waals surface area contributed by atoms with E-state index in [1.165, 1.54) is 32.1 Å². The Morgan fingerprint density at radius 3 is 2.83 bits per heavy atom. The summed E-state index contributed by atoms with van der Waals surface area (Å²) in [5.74, 6) is 4.30. The average Bonchev–Trinajstić information content (AvgIpc) is 3.09. The van der Waals surface area contributed by atoms with Crippen molar-refractivity contribution in [2.24, 2.45) is 40.9 Å². The second-order valence-corrected chi connectivity index (χ2v) is 12.2. The molecule has 0 spiro atoms. The molecule has 0 radical (unpaired) electrons. The number of nitrogens with one attached hydrogen (secondary N) is 1. The Morgan fingerprint density at radius 2 is 2.00 bits per heavy atom. The molecule has 11 atom stereocenters. The summed E-state index contributed by atoms with van der Waals surface area (Å²) in [5.41, 5.74) is 5.39. The zero-order valence-electron chi connectivity index (χ0n) is 19.4. The first-order valence-corrected chi connectivity index (χ1v) is 12.8. The van der Waals surface area contributed by atoms with E-state index < -0.39 is 0 Å². The summed E-state index contributed by atoms with van der Waals surface area (Å²) in [7, 11) is 0. The molecule has 0 aromatic heterocycles. The summed E-state index contributed by atoms with van der Waals surface area (Å²) in [6.45, 7) is 11.0. The fourth-order valence-electron chi connectivity index (χ4n) is 9.08. The van der Waals surface area contributed by atoms with Gasteiger partial charge in [-0.05, 0) is 93.4 Å². The average molecular weight is 412 g/mol. The van der Waals surface area contributed by atoms with Gasteiger partial charge in [-0.25, -0.2) is 0 Å². The van der Waals surface area contributed by atoms with Crippen LogP contribution < -0.4 is 5.32 Å². The maximum atomic E-state index is 10.3. The third-order valence-corrected chi connectivity index (χ3v) is 10.7. The maximum Gasteiger partial charge on any atom is 0.0737 e. The van der Waals surface area contributed by atoms with Gasteiger partial charge in [-0.15, -0.1) is 0 Å². The Bertz CT molecular complexity index is 786. The van der Waals surface area contributed by atoms with Gasteiger partial charge in [0.1, 0.15) is 0 Å². The van der Waals surface area contributed by atoms with Gasteiger partial charge in [0.25, 0.3) is 0 Å².